The Morgan fingerprint density at radius 2 is 2.11 bits per heavy atom. The molecule has 2 aromatic rings. The molecule has 1 fully saturated rings. The Kier molecular flexibility index (Phi) is 7.93. The third-order valence-corrected chi connectivity index (χ3v) is 6.80. The monoisotopic (exact) mass is 407 g/mol. The number of thioether (sulfide) groups is 1. The largest absolute Gasteiger partial charge is 0.379 e. The third-order valence-electron chi connectivity index (χ3n) is 4.64. The van der Waals surface area contributed by atoms with Crippen molar-refractivity contribution in [3.05, 3.63) is 29.3 Å². The van der Waals surface area contributed by atoms with E-state index < -0.39 is 0 Å². The fourth-order valence-electron chi connectivity index (χ4n) is 3.34. The van der Waals surface area contributed by atoms with Crippen molar-refractivity contribution in [3.63, 3.8) is 0 Å². The Hall–Kier alpha value is -1.15. The fraction of sp³-hybridized carbons (Fsp3) is 0.600. The number of amides is 1. The molecule has 27 heavy (non-hydrogen) atoms. The van der Waals surface area contributed by atoms with Gasteiger partial charge in [-0.1, -0.05) is 26.0 Å². The molecule has 1 aliphatic heterocycles. The minimum absolute atomic E-state index is 0.114. The summed E-state index contributed by atoms with van der Waals surface area (Å²) in [5, 5.41) is 4.22. The number of fused-ring (bicyclic) bond motifs is 1. The van der Waals surface area contributed by atoms with Crippen LogP contribution in [0.15, 0.2) is 24.3 Å². The maximum atomic E-state index is 12.3. The molecule has 1 amide bonds. The first-order valence-electron chi connectivity index (χ1n) is 9.62. The molecule has 1 saturated heterocycles. The summed E-state index contributed by atoms with van der Waals surface area (Å²) >= 11 is 3.34. The molecular formula is C20H29N3O2S2. The van der Waals surface area contributed by atoms with Crippen LogP contribution in [0.3, 0.4) is 0 Å². The lowest BCUT2D eigenvalue weighted by Crippen LogP contribution is -2.49. The zero-order valence-electron chi connectivity index (χ0n) is 16.1. The second-order valence-electron chi connectivity index (χ2n) is 7.30. The number of hydrogen-bond donors (Lipinski definition) is 1. The zero-order chi connectivity index (χ0) is 19.1. The topological polar surface area (TPSA) is 54.5 Å². The number of para-hydroxylation sites is 1. The standard InChI is InChI=1S/C20H29N3O2S2/c1-15(2)11-16(23-7-9-25-10-8-23)12-21-19(24)13-26-14-20-22-17-5-3-4-6-18(17)27-20/h3-6,15-16H,7-14H2,1-2H3,(H,21,24). The molecule has 0 aliphatic carbocycles. The van der Waals surface area contributed by atoms with Gasteiger partial charge in [0.15, 0.2) is 0 Å². The van der Waals surface area contributed by atoms with E-state index in [1.165, 1.54) is 4.70 Å². The van der Waals surface area contributed by atoms with Crippen molar-refractivity contribution in [2.45, 2.75) is 32.1 Å². The van der Waals surface area contributed by atoms with E-state index in [9.17, 15) is 4.79 Å². The summed E-state index contributed by atoms with van der Waals surface area (Å²) in [5.41, 5.74) is 1.05. The van der Waals surface area contributed by atoms with Gasteiger partial charge in [-0.15, -0.1) is 23.1 Å². The van der Waals surface area contributed by atoms with Crippen LogP contribution in [0.5, 0.6) is 0 Å². The van der Waals surface area contributed by atoms with E-state index in [2.05, 4.69) is 35.1 Å². The molecule has 1 atom stereocenters. The van der Waals surface area contributed by atoms with Crippen LogP contribution >= 0.6 is 23.1 Å². The highest BCUT2D eigenvalue weighted by molar-refractivity contribution is 7.99. The first-order valence-corrected chi connectivity index (χ1v) is 11.6. The number of hydrogen-bond acceptors (Lipinski definition) is 6. The molecule has 3 rings (SSSR count). The van der Waals surface area contributed by atoms with Crippen molar-refractivity contribution in [2.24, 2.45) is 5.92 Å². The predicted octanol–water partition coefficient (Wildman–Crippen LogP) is 3.39. The molecule has 0 saturated carbocycles. The van der Waals surface area contributed by atoms with Gasteiger partial charge in [0, 0.05) is 31.4 Å². The summed E-state index contributed by atoms with van der Waals surface area (Å²) < 4.78 is 6.67. The normalized spacial score (nSPS) is 16.7. The van der Waals surface area contributed by atoms with Crippen molar-refractivity contribution in [1.29, 1.82) is 0 Å². The van der Waals surface area contributed by atoms with Crippen molar-refractivity contribution in [3.8, 4) is 0 Å². The number of nitrogens with zero attached hydrogens (tertiary/aromatic N) is 2. The molecule has 0 spiro atoms. The van der Waals surface area contributed by atoms with Crippen molar-refractivity contribution in [2.75, 3.05) is 38.6 Å². The zero-order valence-corrected chi connectivity index (χ0v) is 17.8. The summed E-state index contributed by atoms with van der Waals surface area (Å²) in [6.07, 6.45) is 1.10. The lowest BCUT2D eigenvalue weighted by atomic mass is 10.0. The maximum absolute atomic E-state index is 12.3. The number of thiazole rings is 1. The summed E-state index contributed by atoms with van der Waals surface area (Å²) in [5.74, 6) is 1.99. The van der Waals surface area contributed by atoms with Crippen molar-refractivity contribution < 1.29 is 9.53 Å². The first kappa shape index (κ1) is 20.6. The maximum Gasteiger partial charge on any atom is 0.230 e. The van der Waals surface area contributed by atoms with Crippen molar-refractivity contribution in [1.82, 2.24) is 15.2 Å². The number of nitrogens with one attached hydrogen (secondary N) is 1. The third kappa shape index (κ3) is 6.45. The highest BCUT2D eigenvalue weighted by Crippen LogP contribution is 2.24. The second kappa shape index (κ2) is 10.4. The molecule has 1 unspecified atom stereocenters. The highest BCUT2D eigenvalue weighted by atomic mass is 32.2. The molecule has 1 aromatic carbocycles. The molecule has 1 N–H and O–H groups in total. The molecule has 2 heterocycles. The molecule has 148 valence electrons. The second-order valence-corrected chi connectivity index (χ2v) is 9.40. The lowest BCUT2D eigenvalue weighted by molar-refractivity contribution is -0.118. The van der Waals surface area contributed by atoms with Crippen LogP contribution < -0.4 is 5.32 Å². The highest BCUT2D eigenvalue weighted by Gasteiger charge is 2.22. The molecule has 0 radical (unpaired) electrons. The summed E-state index contributed by atoms with van der Waals surface area (Å²) in [6.45, 7) is 8.70. The first-order chi connectivity index (χ1) is 13.1. The lowest BCUT2D eigenvalue weighted by Gasteiger charge is -2.35. The number of carbonyl (C=O) groups excluding carboxylic acids is 1. The van der Waals surface area contributed by atoms with Gasteiger partial charge in [-0.05, 0) is 24.5 Å². The van der Waals surface area contributed by atoms with Gasteiger partial charge in [0.2, 0.25) is 5.91 Å². The summed E-state index contributed by atoms with van der Waals surface area (Å²) in [6, 6.07) is 8.57. The number of rotatable bonds is 9. The number of morpholine rings is 1. The Labute approximate surface area is 169 Å². The number of aromatic nitrogens is 1. The van der Waals surface area contributed by atoms with Crippen LogP contribution in [-0.2, 0) is 15.3 Å². The quantitative estimate of drug-likeness (QED) is 0.690. The van der Waals surface area contributed by atoms with Gasteiger partial charge >= 0.3 is 0 Å². The van der Waals surface area contributed by atoms with Crippen LogP contribution in [0.4, 0.5) is 0 Å². The van der Waals surface area contributed by atoms with Gasteiger partial charge < -0.3 is 10.1 Å². The number of ether oxygens (including phenoxy) is 1. The Morgan fingerprint density at radius 3 is 2.85 bits per heavy atom. The minimum atomic E-state index is 0.114. The predicted molar refractivity (Wildman–Crippen MR) is 114 cm³/mol. The van der Waals surface area contributed by atoms with Gasteiger partial charge in [0.05, 0.1) is 29.2 Å². The molecule has 0 bridgehead atoms. The molecule has 7 heteroatoms. The van der Waals surface area contributed by atoms with Crippen LogP contribution in [0.1, 0.15) is 25.3 Å². The van der Waals surface area contributed by atoms with Gasteiger partial charge in [-0.25, -0.2) is 4.98 Å². The van der Waals surface area contributed by atoms with Crippen LogP contribution in [0, 0.1) is 5.92 Å². The SMILES string of the molecule is CC(C)CC(CNC(=O)CSCc1nc2ccccc2s1)N1CCOCC1. The molecule has 1 aromatic heterocycles. The van der Waals surface area contributed by atoms with Crippen LogP contribution in [0.25, 0.3) is 10.2 Å². The Morgan fingerprint density at radius 1 is 1.33 bits per heavy atom. The van der Waals surface area contributed by atoms with Gasteiger partial charge in [-0.2, -0.15) is 0 Å². The van der Waals surface area contributed by atoms with Crippen LogP contribution in [0.2, 0.25) is 0 Å². The Balaban J connectivity index is 1.41. The molecule has 5 nitrogen and oxygen atoms in total. The van der Waals surface area contributed by atoms with E-state index in [-0.39, 0.29) is 5.91 Å². The van der Waals surface area contributed by atoms with E-state index in [1.807, 2.05) is 18.2 Å². The average molecular weight is 408 g/mol. The Bertz CT molecular complexity index is 696. The summed E-state index contributed by atoms with van der Waals surface area (Å²) in [4.78, 5) is 19.4. The molecule has 1 aliphatic rings. The van der Waals surface area contributed by atoms with E-state index in [0.717, 1.165) is 55.5 Å². The minimum Gasteiger partial charge on any atom is -0.379 e. The average Bonchev–Trinajstić information content (AvgIpc) is 3.08. The van der Waals surface area contributed by atoms with Crippen LogP contribution in [-0.4, -0.2) is 60.4 Å². The molecular weight excluding hydrogens is 378 g/mol. The number of benzene rings is 1. The van der Waals surface area contributed by atoms with Gasteiger partial charge in [0.1, 0.15) is 5.01 Å². The van der Waals surface area contributed by atoms with Gasteiger partial charge in [0.25, 0.3) is 0 Å². The van der Waals surface area contributed by atoms with E-state index in [1.54, 1.807) is 23.1 Å². The number of carbonyl (C=O) groups is 1. The van der Waals surface area contributed by atoms with E-state index >= 15 is 0 Å². The van der Waals surface area contributed by atoms with E-state index in [0.29, 0.717) is 17.7 Å². The van der Waals surface area contributed by atoms with E-state index in [4.69, 9.17) is 4.74 Å². The fourth-order valence-corrected chi connectivity index (χ4v) is 5.22. The smallest absolute Gasteiger partial charge is 0.230 e. The summed E-state index contributed by atoms with van der Waals surface area (Å²) in [7, 11) is 0. The van der Waals surface area contributed by atoms with Gasteiger partial charge in [-0.3, -0.25) is 9.69 Å². The van der Waals surface area contributed by atoms with Crippen molar-refractivity contribution >= 4 is 39.2 Å².